The van der Waals surface area contributed by atoms with Crippen molar-refractivity contribution in [3.63, 3.8) is 0 Å². The molecule has 1 aliphatic heterocycles. The van der Waals surface area contributed by atoms with E-state index >= 15 is 0 Å². The molecule has 5 nitrogen and oxygen atoms in total. The standard InChI is InChI=1S/C9H13N3O2.ClH/c1-3-6-14-8-12-5-4-11(2)9(12)7-10-13;/h1,4-5,7,9,13H,6,8H2,2H3;1H/b10-7-;. The smallest absolute Gasteiger partial charge is 0.209 e. The lowest BCUT2D eigenvalue weighted by Crippen LogP contribution is -3.12. The molecule has 0 bridgehead atoms. The fourth-order valence-electron chi connectivity index (χ4n) is 1.29. The molecule has 0 saturated carbocycles. The Morgan fingerprint density at radius 2 is 2.53 bits per heavy atom. The molecule has 0 aromatic heterocycles. The van der Waals surface area contributed by atoms with Gasteiger partial charge in [-0.2, -0.15) is 0 Å². The van der Waals surface area contributed by atoms with E-state index in [9.17, 15) is 0 Å². The summed E-state index contributed by atoms with van der Waals surface area (Å²) in [4.78, 5) is 2.95. The Bertz CT molecular complexity index is 275. The van der Waals surface area contributed by atoms with Gasteiger partial charge in [0, 0.05) is 7.05 Å². The quantitative estimate of drug-likeness (QED) is 0.169. The van der Waals surface area contributed by atoms with Crippen molar-refractivity contribution < 1.29 is 27.3 Å². The van der Waals surface area contributed by atoms with Gasteiger partial charge in [0.05, 0.1) is 6.20 Å². The topological polar surface area (TPSA) is 49.5 Å². The third kappa shape index (κ3) is 3.80. The highest BCUT2D eigenvalue weighted by atomic mass is 35.5. The first-order valence-corrected chi connectivity index (χ1v) is 4.24. The molecule has 6 heteroatoms. The van der Waals surface area contributed by atoms with Crippen molar-refractivity contribution in [1.82, 2.24) is 4.90 Å². The predicted octanol–water partition coefficient (Wildman–Crippen LogP) is -4.31. The van der Waals surface area contributed by atoms with Gasteiger partial charge in [-0.1, -0.05) is 11.1 Å². The van der Waals surface area contributed by atoms with Crippen molar-refractivity contribution in [2.75, 3.05) is 20.4 Å². The molecule has 2 N–H and O–H groups in total. The Morgan fingerprint density at radius 1 is 1.80 bits per heavy atom. The Morgan fingerprint density at radius 3 is 3.13 bits per heavy atom. The lowest BCUT2D eigenvalue weighted by Gasteiger charge is -2.20. The molecule has 2 unspecified atom stereocenters. The highest BCUT2D eigenvalue weighted by Gasteiger charge is 2.27. The molecule has 0 fully saturated rings. The van der Waals surface area contributed by atoms with Gasteiger partial charge in [-0.25, -0.2) is 0 Å². The number of halogens is 1. The summed E-state index contributed by atoms with van der Waals surface area (Å²) < 4.78 is 5.20. The van der Waals surface area contributed by atoms with Crippen LogP contribution in [0, 0.1) is 12.3 Å². The number of terminal acetylenes is 1. The van der Waals surface area contributed by atoms with Gasteiger partial charge >= 0.3 is 0 Å². The number of hydrogen-bond donors (Lipinski definition) is 2. The zero-order valence-electron chi connectivity index (χ0n) is 8.43. The van der Waals surface area contributed by atoms with Gasteiger partial charge in [-0.3, -0.25) is 4.90 Å². The van der Waals surface area contributed by atoms with Crippen LogP contribution in [0.3, 0.4) is 0 Å². The summed E-state index contributed by atoms with van der Waals surface area (Å²) in [5.41, 5.74) is 0. The van der Waals surface area contributed by atoms with Gasteiger partial charge in [0.2, 0.25) is 6.17 Å². The average Bonchev–Trinajstić information content (AvgIpc) is 2.51. The van der Waals surface area contributed by atoms with Crippen LogP contribution in [0.5, 0.6) is 0 Å². The Balaban J connectivity index is 0.00000196. The largest absolute Gasteiger partial charge is 1.00 e. The van der Waals surface area contributed by atoms with Crippen molar-refractivity contribution in [1.29, 1.82) is 0 Å². The van der Waals surface area contributed by atoms with Crippen LogP contribution in [0.1, 0.15) is 0 Å². The third-order valence-electron chi connectivity index (χ3n) is 2.00. The van der Waals surface area contributed by atoms with E-state index in [0.29, 0.717) is 13.3 Å². The molecule has 15 heavy (non-hydrogen) atoms. The average molecular weight is 232 g/mol. The maximum atomic E-state index is 8.46. The normalized spacial score (nSPS) is 24.1. The van der Waals surface area contributed by atoms with E-state index in [1.54, 1.807) is 0 Å². The van der Waals surface area contributed by atoms with E-state index < -0.39 is 0 Å². The molecule has 1 rings (SSSR count). The molecular formula is C9H14ClN3O2. The molecule has 0 radical (unpaired) electrons. The molecule has 1 heterocycles. The second-order valence-corrected chi connectivity index (χ2v) is 2.96. The van der Waals surface area contributed by atoms with Gasteiger partial charge in [0.25, 0.3) is 0 Å². The van der Waals surface area contributed by atoms with Gasteiger partial charge in [0.15, 0.2) is 6.73 Å². The van der Waals surface area contributed by atoms with Crippen LogP contribution in [-0.2, 0) is 4.74 Å². The lowest BCUT2D eigenvalue weighted by atomic mass is 10.5. The van der Waals surface area contributed by atoms with Crippen molar-refractivity contribution in [3.05, 3.63) is 12.4 Å². The number of ether oxygens (including phenoxy) is 1. The van der Waals surface area contributed by atoms with Gasteiger partial charge in [0.1, 0.15) is 19.0 Å². The molecule has 0 aromatic rings. The predicted molar refractivity (Wildman–Crippen MR) is 51.6 cm³/mol. The number of hydrogen-bond acceptors (Lipinski definition) is 4. The van der Waals surface area contributed by atoms with Gasteiger partial charge in [-0.15, -0.1) is 6.42 Å². The fraction of sp³-hybridized carbons (Fsp3) is 0.444. The van der Waals surface area contributed by atoms with E-state index in [4.69, 9.17) is 16.4 Å². The summed E-state index contributed by atoms with van der Waals surface area (Å²) in [6.07, 6.45) is 10.3. The number of quaternary nitrogens is 1. The van der Waals surface area contributed by atoms with Crippen LogP contribution < -0.4 is 17.3 Å². The minimum atomic E-state index is -0.0298. The zero-order valence-corrected chi connectivity index (χ0v) is 9.18. The van der Waals surface area contributed by atoms with Crippen LogP contribution >= 0.6 is 0 Å². The third-order valence-corrected chi connectivity index (χ3v) is 2.00. The fourth-order valence-corrected chi connectivity index (χ4v) is 1.29. The van der Waals surface area contributed by atoms with Crippen LogP contribution in [0.4, 0.5) is 0 Å². The minimum Gasteiger partial charge on any atom is -1.00 e. The first kappa shape index (κ1) is 13.8. The first-order valence-electron chi connectivity index (χ1n) is 4.24. The van der Waals surface area contributed by atoms with E-state index in [-0.39, 0.29) is 18.6 Å². The molecule has 0 aromatic carbocycles. The van der Waals surface area contributed by atoms with Crippen LogP contribution in [0.25, 0.3) is 0 Å². The van der Waals surface area contributed by atoms with E-state index in [2.05, 4.69) is 11.1 Å². The molecule has 0 aliphatic carbocycles. The monoisotopic (exact) mass is 231 g/mol. The van der Waals surface area contributed by atoms with Crippen molar-refractivity contribution in [3.8, 4) is 12.3 Å². The molecule has 1 aliphatic rings. The summed E-state index contributed by atoms with van der Waals surface area (Å²) >= 11 is 0. The van der Waals surface area contributed by atoms with Crippen molar-refractivity contribution in [2.45, 2.75) is 6.17 Å². The summed E-state index contributed by atoms with van der Waals surface area (Å²) in [6.45, 7) is 0.756. The Labute approximate surface area is 95.4 Å². The SMILES string of the molecule is C#CCOC[NH+]1C=CN(C)C1/C=N\O.[Cl-]. The second kappa shape index (κ2) is 7.12. The minimum absolute atomic E-state index is 0. The number of rotatable bonds is 4. The van der Waals surface area contributed by atoms with Crippen LogP contribution in [0.15, 0.2) is 17.6 Å². The van der Waals surface area contributed by atoms with E-state index in [1.165, 1.54) is 6.21 Å². The van der Waals surface area contributed by atoms with E-state index in [0.717, 1.165) is 4.90 Å². The summed E-state index contributed by atoms with van der Waals surface area (Å²) in [5.74, 6) is 2.39. The molecule has 0 spiro atoms. The van der Waals surface area contributed by atoms with Crippen molar-refractivity contribution in [2.24, 2.45) is 5.16 Å². The lowest BCUT2D eigenvalue weighted by molar-refractivity contribution is -0.885. The van der Waals surface area contributed by atoms with Gasteiger partial charge < -0.3 is 27.3 Å². The summed E-state index contributed by atoms with van der Waals surface area (Å²) in [5, 5.41) is 11.5. The van der Waals surface area contributed by atoms with Crippen molar-refractivity contribution >= 4 is 6.21 Å². The summed E-state index contributed by atoms with van der Waals surface area (Å²) in [6, 6.07) is 0. The molecule has 84 valence electrons. The second-order valence-electron chi connectivity index (χ2n) is 2.96. The van der Waals surface area contributed by atoms with Crippen LogP contribution in [-0.4, -0.2) is 42.9 Å². The Kier molecular flexibility index (Phi) is 6.54. The summed E-state index contributed by atoms with van der Waals surface area (Å²) in [7, 11) is 1.90. The maximum Gasteiger partial charge on any atom is 0.209 e. The van der Waals surface area contributed by atoms with Gasteiger partial charge in [-0.05, 0) is 0 Å². The number of oxime groups is 1. The zero-order chi connectivity index (χ0) is 10.4. The highest BCUT2D eigenvalue weighted by molar-refractivity contribution is 5.61. The molecule has 0 amide bonds. The van der Waals surface area contributed by atoms with E-state index in [1.807, 2.05) is 24.3 Å². The Hall–Kier alpha value is -1.22. The number of nitrogens with one attached hydrogen (secondary N) is 1. The highest BCUT2D eigenvalue weighted by Crippen LogP contribution is 1.92. The molecule has 2 atom stereocenters. The molecule has 0 saturated heterocycles. The number of nitrogens with zero attached hydrogens (tertiary/aromatic N) is 2. The van der Waals surface area contributed by atoms with Crippen LogP contribution in [0.2, 0.25) is 0 Å². The first-order chi connectivity index (χ1) is 6.79. The molecular weight excluding hydrogens is 218 g/mol. The maximum absolute atomic E-state index is 8.46.